The summed E-state index contributed by atoms with van der Waals surface area (Å²) in [6.07, 6.45) is 3.67. The van der Waals surface area contributed by atoms with E-state index in [-0.39, 0.29) is 54.6 Å². The van der Waals surface area contributed by atoms with Crippen LogP contribution in [0.2, 0.25) is 0 Å². The Morgan fingerprint density at radius 2 is 1.33 bits per heavy atom. The zero-order valence-electron chi connectivity index (χ0n) is 38.6. The van der Waals surface area contributed by atoms with Gasteiger partial charge in [-0.2, -0.15) is 21.0 Å². The Morgan fingerprint density at radius 1 is 0.731 bits per heavy atom. The number of nitrogens with zero attached hydrogens (tertiary/aromatic N) is 2. The molecule has 9 rings (SSSR count). The topological polar surface area (TPSA) is 141 Å². The molecule has 0 fully saturated rings. The molecule has 67 heavy (non-hydrogen) atoms. The number of thiol groups is 1. The molecular weight excluding hydrogens is 887 g/mol. The zero-order valence-corrected chi connectivity index (χ0v) is 40.3. The Balaban J connectivity index is 0.974. The maximum absolute atomic E-state index is 14.3. The molecule has 3 atom stereocenters. The van der Waals surface area contributed by atoms with Crippen LogP contribution in [0.5, 0.6) is 17.2 Å². The second-order valence-corrected chi connectivity index (χ2v) is 22.0. The molecule has 3 amide bonds. The molecule has 4 aliphatic heterocycles. The van der Waals surface area contributed by atoms with Crippen LogP contribution in [-0.4, -0.2) is 72.2 Å². The lowest BCUT2D eigenvalue weighted by Gasteiger charge is -2.38. The maximum atomic E-state index is 14.3. The average molecular weight is 944 g/mol. The molecule has 12 nitrogen and oxygen atoms in total. The maximum Gasteiger partial charge on any atom is 0.272 e. The van der Waals surface area contributed by atoms with Gasteiger partial charge in [-0.1, -0.05) is 62.4 Å². The summed E-state index contributed by atoms with van der Waals surface area (Å²) in [7, 11) is -1.33. The van der Waals surface area contributed by atoms with Gasteiger partial charge in [0.2, 0.25) is 5.91 Å². The summed E-state index contributed by atoms with van der Waals surface area (Å²) in [5.41, 5.74) is 9.78. The number of anilines is 1. The summed E-state index contributed by atoms with van der Waals surface area (Å²) in [6.45, 7) is 6.87. The van der Waals surface area contributed by atoms with Crippen molar-refractivity contribution >= 4 is 46.2 Å². The zero-order chi connectivity index (χ0) is 47.2. The lowest BCUT2D eigenvalue weighted by atomic mass is 9.91. The first-order chi connectivity index (χ1) is 32.1. The Hall–Kier alpha value is -5.83. The van der Waals surface area contributed by atoms with Crippen LogP contribution in [0, 0.1) is 6.92 Å². The predicted molar refractivity (Wildman–Crippen MR) is 260 cm³/mol. The van der Waals surface area contributed by atoms with Crippen molar-refractivity contribution in [1.29, 1.82) is 0 Å². The molecule has 5 aromatic carbocycles. The van der Waals surface area contributed by atoms with Gasteiger partial charge in [-0.05, 0) is 138 Å². The van der Waals surface area contributed by atoms with E-state index in [1.54, 1.807) is 30.2 Å². The van der Waals surface area contributed by atoms with Crippen LogP contribution in [0.3, 0.4) is 0 Å². The van der Waals surface area contributed by atoms with Crippen molar-refractivity contribution in [2.75, 3.05) is 19.5 Å². The molecule has 0 saturated heterocycles. The predicted octanol–water partition coefficient (Wildman–Crippen LogP) is 8.57. The van der Waals surface area contributed by atoms with E-state index in [2.05, 4.69) is 36.1 Å². The van der Waals surface area contributed by atoms with Crippen molar-refractivity contribution in [2.45, 2.75) is 114 Å². The molecule has 350 valence electrons. The highest BCUT2D eigenvalue weighted by molar-refractivity contribution is 7.87. The van der Waals surface area contributed by atoms with E-state index in [1.165, 1.54) is 18.2 Å². The molecule has 0 aliphatic carbocycles. The number of fused-ring (bicyclic) bond motifs is 6. The summed E-state index contributed by atoms with van der Waals surface area (Å²) in [4.78, 5) is 45.3. The fourth-order valence-corrected chi connectivity index (χ4v) is 11.5. The highest BCUT2D eigenvalue weighted by atomic mass is 32.2. The first-order valence-corrected chi connectivity index (χ1v) is 24.8. The smallest absolute Gasteiger partial charge is 0.272 e. The number of amides is 3. The monoisotopic (exact) mass is 943 g/mol. The molecule has 4 heterocycles. The van der Waals surface area contributed by atoms with Crippen LogP contribution in [0.25, 0.3) is 0 Å². The molecule has 1 N–H and O–H groups in total. The van der Waals surface area contributed by atoms with Crippen molar-refractivity contribution in [3.63, 3.8) is 0 Å². The van der Waals surface area contributed by atoms with Gasteiger partial charge in [0, 0.05) is 47.1 Å². The number of hydrogen-bond acceptors (Lipinski definition) is 10. The second-order valence-electron chi connectivity index (χ2n) is 18.9. The van der Waals surface area contributed by atoms with E-state index in [0.717, 1.165) is 40.7 Å². The van der Waals surface area contributed by atoms with Gasteiger partial charge in [-0.3, -0.25) is 18.6 Å². The molecule has 1 unspecified atom stereocenters. The molecule has 0 aromatic heterocycles. The third kappa shape index (κ3) is 9.80. The molecule has 5 aromatic rings. The van der Waals surface area contributed by atoms with E-state index >= 15 is 0 Å². The largest absolute Gasteiger partial charge is 0.493 e. The van der Waals surface area contributed by atoms with Crippen LogP contribution in [-0.2, 0) is 71.1 Å². The molecule has 0 spiro atoms. The van der Waals surface area contributed by atoms with Crippen molar-refractivity contribution in [2.24, 2.45) is 0 Å². The highest BCUT2D eigenvalue weighted by Gasteiger charge is 2.45. The summed E-state index contributed by atoms with van der Waals surface area (Å²) in [5.74, 6) is 1.05. The first-order valence-electron chi connectivity index (χ1n) is 22.9. The molecule has 0 bridgehead atoms. The van der Waals surface area contributed by atoms with Crippen molar-refractivity contribution in [1.82, 2.24) is 9.80 Å². The fraction of sp³-hybridized carbons (Fsp3) is 0.377. The van der Waals surface area contributed by atoms with Crippen molar-refractivity contribution in [3.05, 3.63) is 152 Å². The number of ether oxygens (including phenoxy) is 3. The van der Waals surface area contributed by atoms with Gasteiger partial charge < -0.3 is 29.3 Å². The lowest BCUT2D eigenvalue weighted by molar-refractivity contribution is -0.116. The van der Waals surface area contributed by atoms with Crippen LogP contribution in [0.15, 0.2) is 91.0 Å². The third-order valence-electron chi connectivity index (χ3n) is 13.7. The van der Waals surface area contributed by atoms with Crippen LogP contribution < -0.4 is 19.5 Å². The Labute approximate surface area is 398 Å². The number of aryl methyl sites for hydroxylation is 2. The van der Waals surface area contributed by atoms with Gasteiger partial charge in [0.25, 0.3) is 21.9 Å². The number of carbonyl (C=O) groups excluding carboxylic acids is 3. The third-order valence-corrected chi connectivity index (χ3v) is 15.6. The lowest BCUT2D eigenvalue weighted by Crippen LogP contribution is -2.52. The number of methoxy groups -OCH3 is 1. The normalized spacial score (nSPS) is 18.8. The summed E-state index contributed by atoms with van der Waals surface area (Å²) < 4.78 is 50.8. The van der Waals surface area contributed by atoms with E-state index < -0.39 is 21.4 Å². The minimum absolute atomic E-state index is 0.0100. The van der Waals surface area contributed by atoms with Gasteiger partial charge in [-0.25, -0.2) is 0 Å². The molecule has 0 saturated carbocycles. The van der Waals surface area contributed by atoms with Gasteiger partial charge in [0.05, 0.1) is 20.3 Å². The van der Waals surface area contributed by atoms with Gasteiger partial charge in [0.1, 0.15) is 24.2 Å². The number of nitrogens with one attached hydrogen (secondary N) is 1. The summed E-state index contributed by atoms with van der Waals surface area (Å²) in [5, 5.41) is 2.06. The van der Waals surface area contributed by atoms with Gasteiger partial charge in [0.15, 0.2) is 11.5 Å². The molecule has 14 heteroatoms. The Morgan fingerprint density at radius 3 is 1.99 bits per heavy atom. The molecular formula is C53H57N3O9S2. The fourth-order valence-electron chi connectivity index (χ4n) is 10.1. The van der Waals surface area contributed by atoms with Crippen molar-refractivity contribution < 1.29 is 41.2 Å². The van der Waals surface area contributed by atoms with E-state index in [4.69, 9.17) is 18.4 Å². The Kier molecular flexibility index (Phi) is 12.9. The minimum Gasteiger partial charge on any atom is -0.493 e. The summed E-state index contributed by atoms with van der Waals surface area (Å²) in [6, 6.07) is 28.6. The summed E-state index contributed by atoms with van der Waals surface area (Å²) >= 11 is 4.61. The van der Waals surface area contributed by atoms with Crippen LogP contribution >= 0.6 is 12.6 Å². The van der Waals surface area contributed by atoms with Gasteiger partial charge >= 0.3 is 0 Å². The van der Waals surface area contributed by atoms with Crippen LogP contribution in [0.4, 0.5) is 5.69 Å². The van der Waals surface area contributed by atoms with Gasteiger partial charge in [-0.15, -0.1) is 0 Å². The molecule has 0 radical (unpaired) electrons. The quantitative estimate of drug-likeness (QED) is 0.0878. The average Bonchev–Trinajstić information content (AvgIpc) is 3.51. The van der Waals surface area contributed by atoms with Crippen LogP contribution in [0.1, 0.15) is 104 Å². The molecule has 4 aliphatic rings. The standard InChI is InChI=1S/C53H57N3O9S2/c1-32-18-43-40(26-49(67(60,61)63-5)45-23-36-11-7-9-13-39(36)29-56(45)52(43)59)25-46(32)64-30-33-19-34(21-41(20-33)54-50(57)16-17-53(2,3)66)31-65-48-24-37-14-15-42-22-35-10-6-8-12-38(35)28-55(42)51(58)44(37)27-47(48)62-4/h6-13,18-21,24-25,27,42,45,49,66H,14-17,22-23,26,28-31H2,1-5H3,(H,54,57)/t42-,45+,49?/m1/s1. The number of benzene rings is 5. The van der Waals surface area contributed by atoms with E-state index in [1.807, 2.05) is 80.3 Å². The number of carbonyl (C=O) groups is 3. The second kappa shape index (κ2) is 18.7. The first kappa shape index (κ1) is 46.3. The van der Waals surface area contributed by atoms with E-state index in [0.29, 0.717) is 77.5 Å². The van der Waals surface area contributed by atoms with E-state index in [9.17, 15) is 22.8 Å². The SMILES string of the molecule is COc1cc2c(cc1OCc1cc(COc3cc4c(cc3C)C(=O)N3Cc5ccccc5C[C@H]3C(S(=O)(=O)OC)C4)cc(NC(=O)CCC(C)(C)S)c1)CC[C@@H]1Cc3ccccc3CN1C2=O. The number of hydrogen-bond donors (Lipinski definition) is 2. The Bertz CT molecular complexity index is 2870. The van der Waals surface area contributed by atoms with Crippen molar-refractivity contribution in [3.8, 4) is 17.2 Å². The highest BCUT2D eigenvalue weighted by Crippen LogP contribution is 2.39. The number of rotatable bonds is 13. The minimum atomic E-state index is -4.06.